The number of benzene rings is 2. The Morgan fingerprint density at radius 1 is 1.08 bits per heavy atom. The average molecular weight is 340 g/mol. The third kappa shape index (κ3) is 3.57. The fraction of sp³-hybridized carbons (Fsp3) is 0.263. The summed E-state index contributed by atoms with van der Waals surface area (Å²) in [6, 6.07) is 14.5. The number of para-hydroxylation sites is 1. The van der Waals surface area contributed by atoms with Crippen LogP contribution in [0, 0.1) is 5.92 Å². The number of anilines is 2. The number of amides is 2. The van der Waals surface area contributed by atoms with Gasteiger partial charge in [0.05, 0.1) is 14.2 Å². The Morgan fingerprint density at radius 2 is 1.72 bits per heavy atom. The van der Waals surface area contributed by atoms with Crippen molar-refractivity contribution in [3.8, 4) is 11.5 Å². The molecule has 2 aromatic rings. The van der Waals surface area contributed by atoms with E-state index >= 15 is 0 Å². The predicted molar refractivity (Wildman–Crippen MR) is 95.1 cm³/mol. The molecule has 0 spiro atoms. The SMILES string of the molecule is COc1cc(NC(=O)[C@@H]2CCN(c3ccccc3)C2=O)cc(OC)c1. The van der Waals surface area contributed by atoms with Crippen molar-refractivity contribution in [3.63, 3.8) is 0 Å². The lowest BCUT2D eigenvalue weighted by Crippen LogP contribution is -2.33. The number of hydrogen-bond donors (Lipinski definition) is 1. The Bertz CT molecular complexity index is 754. The second kappa shape index (κ2) is 7.25. The molecule has 25 heavy (non-hydrogen) atoms. The normalized spacial score (nSPS) is 16.6. The highest BCUT2D eigenvalue weighted by Crippen LogP contribution is 2.29. The molecule has 0 aromatic heterocycles. The highest BCUT2D eigenvalue weighted by Gasteiger charge is 2.37. The van der Waals surface area contributed by atoms with Crippen molar-refractivity contribution in [2.24, 2.45) is 5.92 Å². The van der Waals surface area contributed by atoms with E-state index in [2.05, 4.69) is 5.32 Å². The lowest BCUT2D eigenvalue weighted by molar-refractivity contribution is -0.129. The van der Waals surface area contributed by atoms with Crippen LogP contribution in [0.5, 0.6) is 11.5 Å². The monoisotopic (exact) mass is 340 g/mol. The number of ether oxygens (including phenoxy) is 2. The molecule has 130 valence electrons. The molecule has 3 rings (SSSR count). The molecule has 0 saturated carbocycles. The van der Waals surface area contributed by atoms with E-state index in [9.17, 15) is 9.59 Å². The third-order valence-corrected chi connectivity index (χ3v) is 4.21. The van der Waals surface area contributed by atoms with Gasteiger partial charge in [0.15, 0.2) is 0 Å². The summed E-state index contributed by atoms with van der Waals surface area (Å²) in [5.74, 6) is -0.0636. The van der Waals surface area contributed by atoms with Crippen LogP contribution in [0.2, 0.25) is 0 Å². The van der Waals surface area contributed by atoms with Crippen LogP contribution >= 0.6 is 0 Å². The van der Waals surface area contributed by atoms with Crippen LogP contribution in [-0.2, 0) is 9.59 Å². The molecule has 1 fully saturated rings. The fourth-order valence-electron chi connectivity index (χ4n) is 2.90. The van der Waals surface area contributed by atoms with Crippen LogP contribution in [0.15, 0.2) is 48.5 Å². The van der Waals surface area contributed by atoms with Crippen molar-refractivity contribution in [1.29, 1.82) is 0 Å². The molecule has 0 unspecified atom stereocenters. The van der Waals surface area contributed by atoms with Gasteiger partial charge >= 0.3 is 0 Å². The van der Waals surface area contributed by atoms with Gasteiger partial charge in [-0.25, -0.2) is 0 Å². The van der Waals surface area contributed by atoms with Crippen LogP contribution in [0.25, 0.3) is 0 Å². The van der Waals surface area contributed by atoms with Gasteiger partial charge < -0.3 is 19.7 Å². The topological polar surface area (TPSA) is 67.9 Å². The number of hydrogen-bond acceptors (Lipinski definition) is 4. The molecule has 0 bridgehead atoms. The van der Waals surface area contributed by atoms with E-state index < -0.39 is 5.92 Å². The second-order valence-corrected chi connectivity index (χ2v) is 5.76. The molecule has 1 aliphatic heterocycles. The van der Waals surface area contributed by atoms with Gasteiger partial charge in [0.1, 0.15) is 17.4 Å². The maximum Gasteiger partial charge on any atom is 0.239 e. The van der Waals surface area contributed by atoms with Crippen molar-refractivity contribution in [2.45, 2.75) is 6.42 Å². The van der Waals surface area contributed by atoms with Crippen LogP contribution in [0.3, 0.4) is 0 Å². The van der Waals surface area contributed by atoms with Gasteiger partial charge in [-0.3, -0.25) is 9.59 Å². The zero-order valence-corrected chi connectivity index (χ0v) is 14.2. The Hall–Kier alpha value is -3.02. The zero-order valence-electron chi connectivity index (χ0n) is 14.2. The molecular formula is C19H20N2O4. The van der Waals surface area contributed by atoms with Crippen molar-refractivity contribution in [2.75, 3.05) is 31.0 Å². The summed E-state index contributed by atoms with van der Waals surface area (Å²) in [6.45, 7) is 0.530. The van der Waals surface area contributed by atoms with Crippen LogP contribution in [0.4, 0.5) is 11.4 Å². The van der Waals surface area contributed by atoms with E-state index in [4.69, 9.17) is 9.47 Å². The molecule has 1 atom stereocenters. The molecule has 1 saturated heterocycles. The number of carbonyl (C=O) groups is 2. The minimum atomic E-state index is -0.697. The van der Waals surface area contributed by atoms with E-state index in [0.29, 0.717) is 30.2 Å². The molecule has 1 heterocycles. The summed E-state index contributed by atoms with van der Waals surface area (Å²) in [5.41, 5.74) is 1.35. The lowest BCUT2D eigenvalue weighted by Gasteiger charge is -2.17. The first-order chi connectivity index (χ1) is 12.1. The summed E-state index contributed by atoms with van der Waals surface area (Å²) < 4.78 is 10.4. The summed E-state index contributed by atoms with van der Waals surface area (Å²) in [6.07, 6.45) is 0.487. The standard InChI is InChI=1S/C19H20N2O4/c1-24-15-10-13(11-16(12-15)25-2)20-18(22)17-8-9-21(19(17)23)14-6-4-3-5-7-14/h3-7,10-12,17H,8-9H2,1-2H3,(H,20,22)/t17-/m0/s1. The van der Waals surface area contributed by atoms with Gasteiger partial charge in [-0.15, -0.1) is 0 Å². The van der Waals surface area contributed by atoms with Gasteiger partial charge in [0.2, 0.25) is 11.8 Å². The molecule has 1 N–H and O–H groups in total. The fourth-order valence-corrected chi connectivity index (χ4v) is 2.90. The summed E-state index contributed by atoms with van der Waals surface area (Å²) in [5, 5.41) is 2.79. The zero-order chi connectivity index (χ0) is 17.8. The molecule has 2 amide bonds. The number of rotatable bonds is 5. The van der Waals surface area contributed by atoms with Crippen molar-refractivity contribution < 1.29 is 19.1 Å². The Morgan fingerprint density at radius 3 is 2.32 bits per heavy atom. The van der Waals surface area contributed by atoms with Crippen molar-refractivity contribution >= 4 is 23.2 Å². The highest BCUT2D eigenvalue weighted by atomic mass is 16.5. The minimum Gasteiger partial charge on any atom is -0.497 e. The predicted octanol–water partition coefficient (Wildman–Crippen LogP) is 2.70. The summed E-state index contributed by atoms with van der Waals surface area (Å²) >= 11 is 0. The molecule has 1 aliphatic rings. The van der Waals surface area contributed by atoms with Crippen molar-refractivity contribution in [1.82, 2.24) is 0 Å². The Kier molecular flexibility index (Phi) is 4.88. The lowest BCUT2D eigenvalue weighted by atomic mass is 10.1. The van der Waals surface area contributed by atoms with Gasteiger partial charge in [0.25, 0.3) is 0 Å². The number of methoxy groups -OCH3 is 2. The molecule has 0 aliphatic carbocycles. The van der Waals surface area contributed by atoms with E-state index in [-0.39, 0.29) is 11.8 Å². The first-order valence-corrected chi connectivity index (χ1v) is 8.02. The van der Waals surface area contributed by atoms with Crippen LogP contribution in [-0.4, -0.2) is 32.6 Å². The second-order valence-electron chi connectivity index (χ2n) is 5.76. The minimum absolute atomic E-state index is 0.182. The molecule has 6 nitrogen and oxygen atoms in total. The smallest absolute Gasteiger partial charge is 0.239 e. The average Bonchev–Trinajstić information content (AvgIpc) is 3.03. The summed E-state index contributed by atoms with van der Waals surface area (Å²) in [7, 11) is 3.08. The first kappa shape index (κ1) is 16.8. The van der Waals surface area contributed by atoms with Gasteiger partial charge in [-0.1, -0.05) is 18.2 Å². The van der Waals surface area contributed by atoms with E-state index in [1.807, 2.05) is 30.3 Å². The van der Waals surface area contributed by atoms with Gasteiger partial charge in [-0.2, -0.15) is 0 Å². The van der Waals surface area contributed by atoms with E-state index in [1.54, 1.807) is 37.3 Å². The maximum absolute atomic E-state index is 12.6. The number of nitrogens with one attached hydrogen (secondary N) is 1. The van der Waals surface area contributed by atoms with Crippen LogP contribution < -0.4 is 19.7 Å². The molecule has 6 heteroatoms. The van der Waals surface area contributed by atoms with E-state index in [0.717, 1.165) is 5.69 Å². The molecular weight excluding hydrogens is 320 g/mol. The number of carbonyl (C=O) groups excluding carboxylic acids is 2. The quantitative estimate of drug-likeness (QED) is 0.850. The van der Waals surface area contributed by atoms with Crippen molar-refractivity contribution in [3.05, 3.63) is 48.5 Å². The van der Waals surface area contributed by atoms with E-state index in [1.165, 1.54) is 0 Å². The summed E-state index contributed by atoms with van der Waals surface area (Å²) in [4.78, 5) is 26.8. The number of nitrogens with zero attached hydrogens (tertiary/aromatic N) is 1. The highest BCUT2D eigenvalue weighted by molar-refractivity contribution is 6.13. The maximum atomic E-state index is 12.6. The Labute approximate surface area is 146 Å². The largest absolute Gasteiger partial charge is 0.497 e. The molecule has 2 aromatic carbocycles. The van der Waals surface area contributed by atoms with Gasteiger partial charge in [0, 0.05) is 36.1 Å². The Balaban J connectivity index is 1.73. The molecule has 0 radical (unpaired) electrons. The van der Waals surface area contributed by atoms with Gasteiger partial charge in [-0.05, 0) is 18.6 Å². The van der Waals surface area contributed by atoms with Crippen LogP contribution in [0.1, 0.15) is 6.42 Å². The first-order valence-electron chi connectivity index (χ1n) is 8.02. The third-order valence-electron chi connectivity index (χ3n) is 4.21.